The van der Waals surface area contributed by atoms with Crippen LogP contribution in [0.4, 0.5) is 0 Å². The van der Waals surface area contributed by atoms with Crippen LogP contribution in [0.25, 0.3) is 0 Å². The molecule has 0 saturated heterocycles. The minimum atomic E-state index is -0.407. The Hall–Kier alpha value is -1.59. The van der Waals surface area contributed by atoms with E-state index in [9.17, 15) is 9.59 Å². The van der Waals surface area contributed by atoms with Gasteiger partial charge in [0.15, 0.2) is 0 Å². The maximum atomic E-state index is 12.2. The molecule has 2 amide bonds. The van der Waals surface area contributed by atoms with Gasteiger partial charge in [-0.1, -0.05) is 52.7 Å². The molecule has 0 aliphatic rings. The number of rotatable bonds is 8. The third-order valence-corrected chi connectivity index (χ3v) is 3.88. The Labute approximate surface area is 157 Å². The van der Waals surface area contributed by atoms with Crippen LogP contribution in [0.2, 0.25) is 0 Å². The van der Waals surface area contributed by atoms with Gasteiger partial charge in [0.25, 0.3) is 5.91 Å². The maximum Gasteiger partial charge on any atom is 0.251 e. The average molecular weight is 370 g/mol. The maximum absolute atomic E-state index is 12.2. The van der Waals surface area contributed by atoms with Crippen LogP contribution in [0.1, 0.15) is 62.9 Å². The first-order valence-corrected chi connectivity index (χ1v) is 8.66. The smallest absolute Gasteiger partial charge is 0.251 e. The first kappa shape index (κ1) is 23.4. The Morgan fingerprint density at radius 1 is 1.16 bits per heavy atom. The van der Waals surface area contributed by atoms with E-state index < -0.39 is 5.41 Å². The number of unbranched alkanes of at least 4 members (excludes halogenated alkanes) is 1. The molecule has 0 fully saturated rings. The highest BCUT2D eigenvalue weighted by Gasteiger charge is 2.20. The van der Waals surface area contributed by atoms with E-state index in [1.807, 2.05) is 32.9 Å². The summed E-state index contributed by atoms with van der Waals surface area (Å²) in [5, 5.41) is 5.87. The van der Waals surface area contributed by atoms with Crippen molar-refractivity contribution in [2.75, 3.05) is 6.54 Å². The van der Waals surface area contributed by atoms with Crippen molar-refractivity contribution in [2.24, 2.45) is 11.1 Å². The summed E-state index contributed by atoms with van der Waals surface area (Å²) < 4.78 is 0. The molecule has 0 spiro atoms. The normalized spacial score (nSPS) is 12.0. The van der Waals surface area contributed by atoms with Crippen molar-refractivity contribution in [3.63, 3.8) is 0 Å². The van der Waals surface area contributed by atoms with Gasteiger partial charge in [-0.3, -0.25) is 9.59 Å². The third kappa shape index (κ3) is 8.36. The second kappa shape index (κ2) is 11.1. The van der Waals surface area contributed by atoms with Gasteiger partial charge in [0.05, 0.1) is 0 Å². The van der Waals surface area contributed by atoms with Crippen LogP contribution in [0.15, 0.2) is 24.3 Å². The largest absolute Gasteiger partial charge is 0.352 e. The molecule has 0 radical (unpaired) electrons. The van der Waals surface area contributed by atoms with E-state index in [1.165, 1.54) is 0 Å². The van der Waals surface area contributed by atoms with Gasteiger partial charge in [0.2, 0.25) is 5.91 Å². The Kier molecular flexibility index (Phi) is 10.4. The van der Waals surface area contributed by atoms with Gasteiger partial charge < -0.3 is 16.4 Å². The van der Waals surface area contributed by atoms with Gasteiger partial charge in [0.1, 0.15) is 0 Å². The molecule has 0 aliphatic carbocycles. The summed E-state index contributed by atoms with van der Waals surface area (Å²) in [5.41, 5.74) is 6.88. The van der Waals surface area contributed by atoms with Gasteiger partial charge in [-0.05, 0) is 24.1 Å². The quantitative estimate of drug-likeness (QED) is 0.658. The summed E-state index contributed by atoms with van der Waals surface area (Å²) in [6.07, 6.45) is 3.03. The summed E-state index contributed by atoms with van der Waals surface area (Å²) in [4.78, 5) is 24.1. The number of hydrogen-bond acceptors (Lipinski definition) is 3. The molecule has 1 atom stereocenters. The first-order chi connectivity index (χ1) is 11.3. The summed E-state index contributed by atoms with van der Waals surface area (Å²) in [6.45, 7) is 8.65. The fourth-order valence-corrected chi connectivity index (χ4v) is 2.19. The molecule has 1 aromatic rings. The molecule has 5 nitrogen and oxygen atoms in total. The summed E-state index contributed by atoms with van der Waals surface area (Å²) in [5.74, 6) is -0.0992. The lowest BCUT2D eigenvalue weighted by atomic mass is 9.95. The SMILES string of the molecule is CCCCC(CN)NC(=O)c1ccc(CNC(=O)C(C)(C)C)cc1.Cl. The fraction of sp³-hybridized carbons (Fsp3) is 0.579. The molecule has 0 aromatic heterocycles. The lowest BCUT2D eigenvalue weighted by molar-refractivity contribution is -0.128. The molecule has 1 rings (SSSR count). The van der Waals surface area contributed by atoms with Crippen molar-refractivity contribution in [1.29, 1.82) is 0 Å². The van der Waals surface area contributed by atoms with E-state index >= 15 is 0 Å². The number of halogens is 1. The molecular weight excluding hydrogens is 338 g/mol. The van der Waals surface area contributed by atoms with Crippen molar-refractivity contribution >= 4 is 24.2 Å². The van der Waals surface area contributed by atoms with Crippen molar-refractivity contribution in [2.45, 2.75) is 59.5 Å². The molecule has 1 aromatic carbocycles. The number of hydrogen-bond donors (Lipinski definition) is 3. The molecular formula is C19H32ClN3O2. The predicted molar refractivity (Wildman–Crippen MR) is 105 cm³/mol. The summed E-state index contributed by atoms with van der Waals surface area (Å²) >= 11 is 0. The average Bonchev–Trinajstić information content (AvgIpc) is 2.55. The number of carbonyl (C=O) groups excluding carboxylic acids is 2. The zero-order chi connectivity index (χ0) is 18.2. The van der Waals surface area contributed by atoms with Crippen LogP contribution >= 0.6 is 12.4 Å². The Bertz CT molecular complexity index is 539. The van der Waals surface area contributed by atoms with Gasteiger partial charge in [-0.15, -0.1) is 12.4 Å². The molecule has 6 heteroatoms. The lowest BCUT2D eigenvalue weighted by Gasteiger charge is -2.18. The molecule has 142 valence electrons. The van der Waals surface area contributed by atoms with Gasteiger partial charge in [-0.2, -0.15) is 0 Å². The fourth-order valence-electron chi connectivity index (χ4n) is 2.19. The Morgan fingerprint density at radius 2 is 1.76 bits per heavy atom. The van der Waals surface area contributed by atoms with Crippen molar-refractivity contribution in [3.05, 3.63) is 35.4 Å². The van der Waals surface area contributed by atoms with E-state index in [0.717, 1.165) is 24.8 Å². The molecule has 0 heterocycles. The van der Waals surface area contributed by atoms with E-state index in [4.69, 9.17) is 5.73 Å². The monoisotopic (exact) mass is 369 g/mol. The van der Waals surface area contributed by atoms with Crippen molar-refractivity contribution in [1.82, 2.24) is 10.6 Å². The molecule has 1 unspecified atom stereocenters. The topological polar surface area (TPSA) is 84.2 Å². The molecule has 0 saturated carbocycles. The van der Waals surface area contributed by atoms with Crippen LogP contribution in [-0.2, 0) is 11.3 Å². The van der Waals surface area contributed by atoms with Crippen LogP contribution in [0.5, 0.6) is 0 Å². The van der Waals surface area contributed by atoms with Crippen LogP contribution in [0, 0.1) is 5.41 Å². The molecule has 25 heavy (non-hydrogen) atoms. The number of carbonyl (C=O) groups is 2. The first-order valence-electron chi connectivity index (χ1n) is 8.66. The number of nitrogens with two attached hydrogens (primary N) is 1. The van der Waals surface area contributed by atoms with E-state index in [0.29, 0.717) is 18.7 Å². The standard InChI is InChI=1S/C19H31N3O2.ClH/c1-5-6-7-16(12-20)22-17(23)15-10-8-14(9-11-15)13-21-18(24)19(2,3)4;/h8-11,16H,5-7,12-13,20H2,1-4H3,(H,21,24)(H,22,23);1H. The minimum Gasteiger partial charge on any atom is -0.352 e. The highest BCUT2D eigenvalue weighted by molar-refractivity contribution is 5.94. The highest BCUT2D eigenvalue weighted by Crippen LogP contribution is 2.13. The highest BCUT2D eigenvalue weighted by atomic mass is 35.5. The van der Waals surface area contributed by atoms with Gasteiger partial charge in [-0.25, -0.2) is 0 Å². The van der Waals surface area contributed by atoms with Crippen LogP contribution in [0.3, 0.4) is 0 Å². The summed E-state index contributed by atoms with van der Waals surface area (Å²) in [6, 6.07) is 7.30. The van der Waals surface area contributed by atoms with Gasteiger partial charge in [0, 0.05) is 30.1 Å². The van der Waals surface area contributed by atoms with E-state index in [-0.39, 0.29) is 30.3 Å². The zero-order valence-corrected chi connectivity index (χ0v) is 16.5. The van der Waals surface area contributed by atoms with Crippen molar-refractivity contribution < 1.29 is 9.59 Å². The summed E-state index contributed by atoms with van der Waals surface area (Å²) in [7, 11) is 0. The third-order valence-electron chi connectivity index (χ3n) is 3.88. The Balaban J connectivity index is 0.00000576. The predicted octanol–water partition coefficient (Wildman–Crippen LogP) is 3.02. The van der Waals surface area contributed by atoms with Crippen LogP contribution in [-0.4, -0.2) is 24.4 Å². The van der Waals surface area contributed by atoms with Crippen molar-refractivity contribution in [3.8, 4) is 0 Å². The van der Waals surface area contributed by atoms with E-state index in [2.05, 4.69) is 17.6 Å². The molecule has 0 aliphatic heterocycles. The number of benzene rings is 1. The second-order valence-corrected chi connectivity index (χ2v) is 7.18. The van der Waals surface area contributed by atoms with Crippen LogP contribution < -0.4 is 16.4 Å². The van der Waals surface area contributed by atoms with Gasteiger partial charge >= 0.3 is 0 Å². The molecule has 4 N–H and O–H groups in total. The lowest BCUT2D eigenvalue weighted by Crippen LogP contribution is -2.40. The zero-order valence-electron chi connectivity index (χ0n) is 15.7. The second-order valence-electron chi connectivity index (χ2n) is 7.18. The number of nitrogens with one attached hydrogen (secondary N) is 2. The Morgan fingerprint density at radius 3 is 2.24 bits per heavy atom. The minimum absolute atomic E-state index is 0. The molecule has 0 bridgehead atoms. The number of amides is 2. The van der Waals surface area contributed by atoms with E-state index in [1.54, 1.807) is 12.1 Å².